The summed E-state index contributed by atoms with van der Waals surface area (Å²) in [6.45, 7) is 0. The molecule has 0 unspecified atom stereocenters. The number of urea groups is 1. The second-order valence-electron chi connectivity index (χ2n) is 9.08. The van der Waals surface area contributed by atoms with Crippen molar-refractivity contribution in [3.8, 4) is 11.3 Å². The fourth-order valence-electron chi connectivity index (χ4n) is 4.98. The molecule has 2 saturated carbocycles. The maximum absolute atomic E-state index is 11.8. The number of primary amides is 1. The Morgan fingerprint density at radius 2 is 1.66 bits per heavy atom. The first kappa shape index (κ1) is 22.8. The van der Waals surface area contributed by atoms with Gasteiger partial charge in [-0.05, 0) is 50.7 Å². The zero-order valence-electron chi connectivity index (χ0n) is 18.4. The molecule has 3 N–H and O–H groups in total. The standard InChI is InChI=1S/C23H31N3O5S/c1-32(29,30)19-13-9-15(10-14-19)20-21(16-5-3-2-4-6-16)31-22(25-20)17-7-11-18(12-8-17)26(28)23(24)27/h9-10,13-14,16-18,28H,2-8,11-12H2,1H3,(H2,24,27). The second-order valence-corrected chi connectivity index (χ2v) is 11.1. The number of oxazole rings is 1. The number of nitrogens with zero attached hydrogens (tertiary/aromatic N) is 2. The molecule has 2 fully saturated rings. The fraction of sp³-hybridized carbons (Fsp3) is 0.565. The van der Waals surface area contributed by atoms with Crippen LogP contribution >= 0.6 is 0 Å². The number of hydroxylamine groups is 2. The number of hydrogen-bond acceptors (Lipinski definition) is 6. The zero-order chi connectivity index (χ0) is 22.9. The minimum atomic E-state index is -3.26. The van der Waals surface area contributed by atoms with Gasteiger partial charge in [0.1, 0.15) is 11.5 Å². The van der Waals surface area contributed by atoms with Crippen LogP contribution in [0.25, 0.3) is 11.3 Å². The molecule has 174 valence electrons. The normalized spacial score (nSPS) is 22.6. The summed E-state index contributed by atoms with van der Waals surface area (Å²) < 4.78 is 30.1. The molecular weight excluding hydrogens is 430 g/mol. The van der Waals surface area contributed by atoms with Gasteiger partial charge in [-0.3, -0.25) is 5.21 Å². The summed E-state index contributed by atoms with van der Waals surface area (Å²) in [5.41, 5.74) is 6.85. The number of carbonyl (C=O) groups excluding carboxylic acids is 1. The van der Waals surface area contributed by atoms with Gasteiger partial charge in [-0.15, -0.1) is 0 Å². The zero-order valence-corrected chi connectivity index (χ0v) is 19.2. The van der Waals surface area contributed by atoms with Crippen molar-refractivity contribution in [2.24, 2.45) is 5.73 Å². The minimum absolute atomic E-state index is 0.110. The molecule has 2 aliphatic rings. The molecule has 2 aromatic rings. The van der Waals surface area contributed by atoms with E-state index in [1.165, 1.54) is 12.7 Å². The summed E-state index contributed by atoms with van der Waals surface area (Å²) in [6.07, 6.45) is 9.63. The smallest absolute Gasteiger partial charge is 0.338 e. The lowest BCUT2D eigenvalue weighted by Crippen LogP contribution is -2.42. The van der Waals surface area contributed by atoms with E-state index in [0.717, 1.165) is 55.5 Å². The monoisotopic (exact) mass is 461 g/mol. The largest absolute Gasteiger partial charge is 0.444 e. The van der Waals surface area contributed by atoms with Crippen LogP contribution in [0.15, 0.2) is 33.6 Å². The van der Waals surface area contributed by atoms with Gasteiger partial charge >= 0.3 is 6.03 Å². The van der Waals surface area contributed by atoms with Gasteiger partial charge in [-0.2, -0.15) is 0 Å². The molecule has 1 aromatic heterocycles. The topological polar surface area (TPSA) is 127 Å². The summed E-state index contributed by atoms with van der Waals surface area (Å²) in [5.74, 6) is 2.01. The van der Waals surface area contributed by atoms with Crippen molar-refractivity contribution in [2.75, 3.05) is 6.26 Å². The highest BCUT2D eigenvalue weighted by Gasteiger charge is 2.32. The van der Waals surface area contributed by atoms with Gasteiger partial charge in [0.25, 0.3) is 0 Å². The quantitative estimate of drug-likeness (QED) is 0.495. The molecule has 9 heteroatoms. The van der Waals surface area contributed by atoms with E-state index < -0.39 is 15.9 Å². The molecule has 32 heavy (non-hydrogen) atoms. The first-order valence-corrected chi connectivity index (χ1v) is 13.2. The molecule has 4 rings (SSSR count). The van der Waals surface area contributed by atoms with E-state index in [1.807, 2.05) is 0 Å². The van der Waals surface area contributed by atoms with Crippen LogP contribution < -0.4 is 5.73 Å². The van der Waals surface area contributed by atoms with E-state index in [2.05, 4.69) is 0 Å². The highest BCUT2D eigenvalue weighted by molar-refractivity contribution is 7.90. The van der Waals surface area contributed by atoms with Crippen LogP contribution in [0, 0.1) is 0 Å². The average molecular weight is 462 g/mol. The molecule has 0 saturated heterocycles. The SMILES string of the molecule is CS(=O)(=O)c1ccc(-c2nc(C3CCC(N(O)C(N)=O)CC3)oc2C2CCCCC2)cc1. The Bertz CT molecular complexity index is 1050. The summed E-state index contributed by atoms with van der Waals surface area (Å²) in [7, 11) is -3.26. The molecule has 0 atom stereocenters. The number of amides is 2. The maximum atomic E-state index is 11.8. The van der Waals surface area contributed by atoms with Gasteiger partial charge in [0.2, 0.25) is 0 Å². The van der Waals surface area contributed by atoms with E-state index in [0.29, 0.717) is 29.7 Å². The summed E-state index contributed by atoms with van der Waals surface area (Å²) >= 11 is 0. The number of benzene rings is 1. The molecule has 1 heterocycles. The van der Waals surface area contributed by atoms with Gasteiger partial charge in [-0.25, -0.2) is 23.3 Å². The molecule has 1 aromatic carbocycles. The Morgan fingerprint density at radius 3 is 2.22 bits per heavy atom. The molecular formula is C23H31N3O5S. The molecule has 0 aliphatic heterocycles. The number of nitrogens with two attached hydrogens (primary N) is 1. The number of hydrogen-bond donors (Lipinski definition) is 2. The summed E-state index contributed by atoms with van der Waals surface area (Å²) in [6, 6.07) is 5.74. The number of rotatable bonds is 5. The number of sulfone groups is 1. The van der Waals surface area contributed by atoms with Crippen molar-refractivity contribution in [2.45, 2.75) is 80.6 Å². The van der Waals surface area contributed by atoms with Gasteiger partial charge in [-0.1, -0.05) is 31.4 Å². The third-order valence-electron chi connectivity index (χ3n) is 6.82. The highest BCUT2D eigenvalue weighted by Crippen LogP contribution is 2.42. The van der Waals surface area contributed by atoms with E-state index in [-0.39, 0.29) is 16.9 Å². The predicted molar refractivity (Wildman–Crippen MR) is 119 cm³/mol. The van der Waals surface area contributed by atoms with Crippen LogP contribution in [-0.4, -0.2) is 42.0 Å². The van der Waals surface area contributed by atoms with Crippen molar-refractivity contribution in [3.63, 3.8) is 0 Å². The van der Waals surface area contributed by atoms with E-state index in [1.54, 1.807) is 24.3 Å². The van der Waals surface area contributed by atoms with Gasteiger partial charge in [0, 0.05) is 23.7 Å². The maximum Gasteiger partial charge on any atom is 0.338 e. The van der Waals surface area contributed by atoms with Crippen molar-refractivity contribution in [1.82, 2.24) is 10.0 Å². The predicted octanol–water partition coefficient (Wildman–Crippen LogP) is 4.59. The fourth-order valence-corrected chi connectivity index (χ4v) is 5.61. The Labute approximate surface area is 188 Å². The van der Waals surface area contributed by atoms with E-state index in [9.17, 15) is 18.4 Å². The minimum Gasteiger partial charge on any atom is -0.444 e. The Balaban J connectivity index is 1.61. The van der Waals surface area contributed by atoms with Gasteiger partial charge < -0.3 is 10.2 Å². The first-order chi connectivity index (χ1) is 15.2. The average Bonchev–Trinajstić information content (AvgIpc) is 3.24. The summed E-state index contributed by atoms with van der Waals surface area (Å²) in [5, 5.41) is 10.5. The van der Waals surface area contributed by atoms with E-state index in [4.69, 9.17) is 15.1 Å². The lowest BCUT2D eigenvalue weighted by Gasteiger charge is -2.30. The second kappa shape index (κ2) is 9.23. The highest BCUT2D eigenvalue weighted by atomic mass is 32.2. The number of carbonyl (C=O) groups is 1. The Kier molecular flexibility index (Phi) is 6.57. The molecule has 0 spiro atoms. The van der Waals surface area contributed by atoms with Crippen LogP contribution in [0.2, 0.25) is 0 Å². The van der Waals surface area contributed by atoms with Crippen molar-refractivity contribution >= 4 is 15.9 Å². The van der Waals surface area contributed by atoms with Gasteiger partial charge in [0.05, 0.1) is 10.9 Å². The Hall–Kier alpha value is -2.39. The molecule has 2 amide bonds. The third-order valence-corrected chi connectivity index (χ3v) is 7.95. The Morgan fingerprint density at radius 1 is 1.03 bits per heavy atom. The third kappa shape index (κ3) is 4.83. The van der Waals surface area contributed by atoms with Crippen LogP contribution in [0.1, 0.15) is 81.3 Å². The van der Waals surface area contributed by atoms with Crippen molar-refractivity contribution in [3.05, 3.63) is 35.9 Å². The molecule has 0 radical (unpaired) electrons. The summed E-state index contributed by atoms with van der Waals surface area (Å²) in [4.78, 5) is 16.4. The van der Waals surface area contributed by atoms with Crippen molar-refractivity contribution < 1.29 is 22.8 Å². The van der Waals surface area contributed by atoms with Crippen molar-refractivity contribution in [1.29, 1.82) is 0 Å². The van der Waals surface area contributed by atoms with Crippen LogP contribution in [0.3, 0.4) is 0 Å². The molecule has 0 bridgehead atoms. The molecule has 8 nitrogen and oxygen atoms in total. The molecule has 2 aliphatic carbocycles. The van der Waals surface area contributed by atoms with Crippen LogP contribution in [0.5, 0.6) is 0 Å². The van der Waals surface area contributed by atoms with Crippen LogP contribution in [-0.2, 0) is 9.84 Å². The number of aromatic nitrogens is 1. The first-order valence-electron chi connectivity index (χ1n) is 11.3. The lowest BCUT2D eigenvalue weighted by molar-refractivity contribution is -0.0854. The van der Waals surface area contributed by atoms with Gasteiger partial charge in [0.15, 0.2) is 15.7 Å². The lowest BCUT2D eigenvalue weighted by atomic mass is 9.86. The van der Waals surface area contributed by atoms with Crippen LogP contribution in [0.4, 0.5) is 4.79 Å². The van der Waals surface area contributed by atoms with E-state index >= 15 is 0 Å².